The van der Waals surface area contributed by atoms with Gasteiger partial charge in [0.15, 0.2) is 5.82 Å². The first-order valence-electron chi connectivity index (χ1n) is 3.90. The summed E-state index contributed by atoms with van der Waals surface area (Å²) in [5.74, 6) is -0.176. The maximum absolute atomic E-state index is 13.6. The fourth-order valence-electron chi connectivity index (χ4n) is 1.16. The summed E-state index contributed by atoms with van der Waals surface area (Å²) in [4.78, 5) is 3.83. The molecule has 4 nitrogen and oxygen atoms in total. The first-order valence-corrected chi connectivity index (χ1v) is 5.08. The van der Waals surface area contributed by atoms with E-state index in [1.807, 2.05) is 0 Å². The van der Waals surface area contributed by atoms with Crippen molar-refractivity contribution in [2.75, 3.05) is 5.73 Å². The number of hydrogen-bond acceptors (Lipinski definition) is 3. The zero-order chi connectivity index (χ0) is 11.0. The minimum Gasteiger partial charge on any atom is -0.366 e. The van der Waals surface area contributed by atoms with Crippen molar-refractivity contribution >= 4 is 33.5 Å². The summed E-state index contributed by atoms with van der Waals surface area (Å²) in [5.41, 5.74) is 5.58. The lowest BCUT2D eigenvalue weighted by molar-refractivity contribution is 0.629. The van der Waals surface area contributed by atoms with Crippen molar-refractivity contribution in [3.8, 4) is 11.4 Å². The van der Waals surface area contributed by atoms with Gasteiger partial charge in [0.25, 0.3) is 0 Å². The Hall–Kier alpha value is -1.14. The van der Waals surface area contributed by atoms with Gasteiger partial charge in [-0.05, 0) is 28.1 Å². The number of nitrogens with zero attached hydrogens (tertiary/aromatic N) is 2. The second-order valence-corrected chi connectivity index (χ2v) is 4.08. The number of benzene rings is 1. The fraction of sp³-hybridized carbons (Fsp3) is 0. The molecule has 0 aliphatic carbocycles. The van der Waals surface area contributed by atoms with E-state index in [1.54, 1.807) is 6.07 Å². The Kier molecular flexibility index (Phi) is 2.62. The Bertz CT molecular complexity index is 490. The first-order chi connectivity index (χ1) is 7.08. The number of halogens is 3. The van der Waals surface area contributed by atoms with E-state index >= 15 is 0 Å². The van der Waals surface area contributed by atoms with E-state index in [0.29, 0.717) is 9.50 Å². The number of rotatable bonds is 1. The summed E-state index contributed by atoms with van der Waals surface area (Å²) in [6, 6.07) is 2.76. The highest BCUT2D eigenvalue weighted by Gasteiger charge is 2.14. The van der Waals surface area contributed by atoms with Gasteiger partial charge in [-0.3, -0.25) is 5.10 Å². The molecule has 1 aromatic heterocycles. The molecule has 0 atom stereocenters. The molecular formula is C8H5BrClFN4. The van der Waals surface area contributed by atoms with Gasteiger partial charge in [-0.25, -0.2) is 4.39 Å². The lowest BCUT2D eigenvalue weighted by atomic mass is 10.2. The third-order valence-electron chi connectivity index (χ3n) is 1.75. The van der Waals surface area contributed by atoms with Crippen LogP contribution in [0, 0.1) is 5.82 Å². The number of nitrogen functional groups attached to an aromatic ring is 1. The van der Waals surface area contributed by atoms with Crippen molar-refractivity contribution < 1.29 is 4.39 Å². The van der Waals surface area contributed by atoms with Crippen LogP contribution in [0.2, 0.25) is 5.02 Å². The molecule has 3 N–H and O–H groups in total. The first kappa shape index (κ1) is 10.4. The van der Waals surface area contributed by atoms with Crippen LogP contribution in [-0.4, -0.2) is 15.2 Å². The van der Waals surface area contributed by atoms with Gasteiger partial charge in [0.1, 0.15) is 5.82 Å². The molecule has 0 amide bonds. The average Bonchev–Trinajstić information content (AvgIpc) is 2.49. The number of aromatic amines is 1. The van der Waals surface area contributed by atoms with Crippen molar-refractivity contribution in [2.24, 2.45) is 0 Å². The Morgan fingerprint density at radius 2 is 2.20 bits per heavy atom. The largest absolute Gasteiger partial charge is 0.366 e. The van der Waals surface area contributed by atoms with Gasteiger partial charge in [-0.15, -0.1) is 5.10 Å². The van der Waals surface area contributed by atoms with Gasteiger partial charge in [-0.1, -0.05) is 11.6 Å². The molecule has 1 heterocycles. The number of hydrogen-bond donors (Lipinski definition) is 2. The van der Waals surface area contributed by atoms with Crippen molar-refractivity contribution in [3.05, 3.63) is 27.4 Å². The van der Waals surface area contributed by atoms with Gasteiger partial charge in [0, 0.05) is 9.50 Å². The molecule has 1 aromatic carbocycles. The van der Waals surface area contributed by atoms with Crippen LogP contribution in [0.25, 0.3) is 11.4 Å². The average molecular weight is 292 g/mol. The Labute approximate surface area is 97.8 Å². The minimum atomic E-state index is -0.495. The Morgan fingerprint density at radius 1 is 1.47 bits per heavy atom. The van der Waals surface area contributed by atoms with Gasteiger partial charge in [-0.2, -0.15) is 4.98 Å². The summed E-state index contributed by atoms with van der Waals surface area (Å²) < 4.78 is 14.1. The summed E-state index contributed by atoms with van der Waals surface area (Å²) >= 11 is 8.86. The topological polar surface area (TPSA) is 67.6 Å². The van der Waals surface area contributed by atoms with Crippen LogP contribution in [0.4, 0.5) is 10.3 Å². The van der Waals surface area contributed by atoms with Crippen molar-refractivity contribution in [2.45, 2.75) is 0 Å². The highest BCUT2D eigenvalue weighted by Crippen LogP contribution is 2.31. The monoisotopic (exact) mass is 290 g/mol. The van der Waals surface area contributed by atoms with Crippen molar-refractivity contribution in [1.29, 1.82) is 0 Å². The lowest BCUT2D eigenvalue weighted by Gasteiger charge is -2.02. The molecule has 0 saturated carbocycles. The molecule has 0 saturated heterocycles. The number of aromatic nitrogens is 3. The number of nitrogens with one attached hydrogen (secondary N) is 1. The van der Waals surface area contributed by atoms with Crippen LogP contribution in [0.3, 0.4) is 0 Å². The molecule has 2 rings (SSSR count). The minimum absolute atomic E-state index is 0.0613. The molecule has 0 fully saturated rings. The second-order valence-electron chi connectivity index (χ2n) is 2.79. The van der Waals surface area contributed by atoms with Crippen LogP contribution >= 0.6 is 27.5 Å². The van der Waals surface area contributed by atoms with Gasteiger partial charge in [0.05, 0.1) is 5.56 Å². The van der Waals surface area contributed by atoms with Crippen LogP contribution < -0.4 is 5.73 Å². The smallest absolute Gasteiger partial charge is 0.239 e. The van der Waals surface area contributed by atoms with E-state index in [2.05, 4.69) is 31.1 Å². The SMILES string of the molecule is Nc1n[nH]c(-c2c(F)cc(Cl)cc2Br)n1. The van der Waals surface area contributed by atoms with Gasteiger partial charge in [0.2, 0.25) is 5.95 Å². The molecule has 78 valence electrons. The van der Waals surface area contributed by atoms with E-state index in [-0.39, 0.29) is 17.3 Å². The van der Waals surface area contributed by atoms with Crippen LogP contribution in [0.5, 0.6) is 0 Å². The number of nitrogens with two attached hydrogens (primary N) is 1. The summed E-state index contributed by atoms with van der Waals surface area (Å²) in [5, 5.41) is 6.44. The Balaban J connectivity index is 2.62. The predicted octanol–water partition coefficient (Wildman–Crippen LogP) is 2.61. The second kappa shape index (κ2) is 3.79. The van der Waals surface area contributed by atoms with E-state index < -0.39 is 5.82 Å². The number of anilines is 1. The standard InChI is InChI=1S/C8H5BrClFN4/c9-4-1-3(10)2-5(11)6(4)7-13-8(12)15-14-7/h1-2H,(H3,12,13,14,15). The van der Waals surface area contributed by atoms with Crippen molar-refractivity contribution in [3.63, 3.8) is 0 Å². The van der Waals surface area contributed by atoms with E-state index in [9.17, 15) is 4.39 Å². The Morgan fingerprint density at radius 3 is 2.73 bits per heavy atom. The van der Waals surface area contributed by atoms with Crippen molar-refractivity contribution in [1.82, 2.24) is 15.2 Å². The molecule has 0 radical (unpaired) electrons. The number of H-pyrrole nitrogens is 1. The molecule has 7 heteroatoms. The highest BCUT2D eigenvalue weighted by atomic mass is 79.9. The molecule has 2 aromatic rings. The molecule has 0 unspecified atom stereocenters. The van der Waals surface area contributed by atoms with E-state index in [0.717, 1.165) is 0 Å². The maximum Gasteiger partial charge on any atom is 0.239 e. The van der Waals surface area contributed by atoms with Gasteiger partial charge < -0.3 is 5.73 Å². The molecule has 0 bridgehead atoms. The summed E-state index contributed by atoms with van der Waals surface area (Å²) in [6.07, 6.45) is 0. The molecular weight excluding hydrogens is 286 g/mol. The molecule has 0 aliphatic heterocycles. The molecule has 0 spiro atoms. The lowest BCUT2D eigenvalue weighted by Crippen LogP contribution is -1.89. The third-order valence-corrected chi connectivity index (χ3v) is 2.59. The zero-order valence-electron chi connectivity index (χ0n) is 7.26. The highest BCUT2D eigenvalue weighted by molar-refractivity contribution is 9.10. The van der Waals surface area contributed by atoms with E-state index in [4.69, 9.17) is 17.3 Å². The quantitative estimate of drug-likeness (QED) is 0.848. The van der Waals surface area contributed by atoms with E-state index in [1.165, 1.54) is 6.07 Å². The summed E-state index contributed by atoms with van der Waals surface area (Å²) in [7, 11) is 0. The molecule has 0 aliphatic rings. The fourth-order valence-corrected chi connectivity index (χ4v) is 2.12. The van der Waals surface area contributed by atoms with Crippen LogP contribution in [-0.2, 0) is 0 Å². The summed E-state index contributed by atoms with van der Waals surface area (Å²) in [6.45, 7) is 0. The molecule has 15 heavy (non-hydrogen) atoms. The van der Waals surface area contributed by atoms with Gasteiger partial charge >= 0.3 is 0 Å². The van der Waals surface area contributed by atoms with Crippen LogP contribution in [0.1, 0.15) is 0 Å². The normalized spacial score (nSPS) is 10.6. The third kappa shape index (κ3) is 1.95. The maximum atomic E-state index is 13.6. The van der Waals surface area contributed by atoms with Crippen LogP contribution in [0.15, 0.2) is 16.6 Å². The zero-order valence-corrected chi connectivity index (χ0v) is 9.60. The predicted molar refractivity (Wildman–Crippen MR) is 58.9 cm³/mol.